The van der Waals surface area contributed by atoms with E-state index in [0.717, 1.165) is 0 Å². The molecular formula is C17H23F3N2O7S3. The first kappa shape index (κ1) is 29.9. The van der Waals surface area contributed by atoms with Crippen molar-refractivity contribution >= 4 is 55.1 Å². The molecule has 0 bridgehead atoms. The predicted octanol–water partition coefficient (Wildman–Crippen LogP) is 3.06. The van der Waals surface area contributed by atoms with Gasteiger partial charge in [-0.3, -0.25) is 14.3 Å². The molecule has 0 aliphatic heterocycles. The number of carbonyl (C=O) groups is 3. The van der Waals surface area contributed by atoms with Gasteiger partial charge in [-0.05, 0) is 30.7 Å². The van der Waals surface area contributed by atoms with Crippen LogP contribution < -0.4 is 10.0 Å². The molecule has 0 saturated heterocycles. The first-order valence-electron chi connectivity index (χ1n) is 8.93. The lowest BCUT2D eigenvalue weighted by molar-refractivity contribution is -0.192. The maximum Gasteiger partial charge on any atom is 0.490 e. The molecule has 0 aliphatic rings. The van der Waals surface area contributed by atoms with Crippen LogP contribution in [0.1, 0.15) is 30.1 Å². The third kappa shape index (κ3) is 14.8. The molecule has 0 aromatic heterocycles. The van der Waals surface area contributed by atoms with Gasteiger partial charge in [0.05, 0.1) is 12.2 Å². The second-order valence-corrected chi connectivity index (χ2v) is 10.4. The van der Waals surface area contributed by atoms with Crippen LogP contribution in [0.5, 0.6) is 0 Å². The number of anilines is 1. The minimum Gasteiger partial charge on any atom is -0.481 e. The molecule has 32 heavy (non-hydrogen) atoms. The summed E-state index contributed by atoms with van der Waals surface area (Å²) in [7, 11) is -0.374. The minimum atomic E-state index is -5.08. The fourth-order valence-electron chi connectivity index (χ4n) is 1.74. The molecule has 0 saturated carbocycles. The van der Waals surface area contributed by atoms with Crippen LogP contribution in [0.15, 0.2) is 24.3 Å². The summed E-state index contributed by atoms with van der Waals surface area (Å²) in [6.45, 7) is 2.25. The van der Waals surface area contributed by atoms with E-state index in [1.165, 1.54) is 21.6 Å². The largest absolute Gasteiger partial charge is 0.490 e. The van der Waals surface area contributed by atoms with Crippen LogP contribution in [-0.4, -0.2) is 66.5 Å². The maximum atomic E-state index is 12.0. The molecule has 1 amide bonds. The topological polar surface area (TPSA) is 150 Å². The molecule has 0 spiro atoms. The number of carboxylic acid groups (broad SMARTS) is 2. The molecule has 0 fully saturated rings. The summed E-state index contributed by atoms with van der Waals surface area (Å²) in [6.07, 6.45) is -4.43. The Morgan fingerprint density at radius 1 is 1.03 bits per heavy atom. The van der Waals surface area contributed by atoms with E-state index in [4.69, 9.17) is 15.0 Å². The van der Waals surface area contributed by atoms with Crippen molar-refractivity contribution in [2.24, 2.45) is 0 Å². The van der Waals surface area contributed by atoms with Crippen molar-refractivity contribution in [3.63, 3.8) is 0 Å². The zero-order valence-electron chi connectivity index (χ0n) is 16.8. The summed E-state index contributed by atoms with van der Waals surface area (Å²) in [6, 6.07) is 6.24. The highest BCUT2D eigenvalue weighted by atomic mass is 33.1. The molecule has 1 aromatic carbocycles. The maximum absolute atomic E-state index is 12.0. The van der Waals surface area contributed by atoms with Gasteiger partial charge >= 0.3 is 18.1 Å². The first-order valence-corrected chi connectivity index (χ1v) is 13.1. The monoisotopic (exact) mass is 520 g/mol. The molecule has 15 heteroatoms. The molecular weight excluding hydrogens is 497 g/mol. The summed E-state index contributed by atoms with van der Waals surface area (Å²) >= 11 is 0. The highest BCUT2D eigenvalue weighted by Gasteiger charge is 2.38. The molecule has 0 radical (unpaired) electrons. The van der Waals surface area contributed by atoms with Crippen molar-refractivity contribution in [2.75, 3.05) is 28.5 Å². The van der Waals surface area contributed by atoms with Gasteiger partial charge in [-0.15, -0.1) is 0 Å². The number of nitrogens with one attached hydrogen (secondary N) is 2. The van der Waals surface area contributed by atoms with Crippen LogP contribution in [0.25, 0.3) is 0 Å². The summed E-state index contributed by atoms with van der Waals surface area (Å²) in [4.78, 5) is 31.2. The first-order chi connectivity index (χ1) is 14.8. The average molecular weight is 521 g/mol. The molecule has 182 valence electrons. The number of alkyl halides is 3. The van der Waals surface area contributed by atoms with E-state index in [-0.39, 0.29) is 18.1 Å². The Bertz CT molecular complexity index is 848. The summed E-state index contributed by atoms with van der Waals surface area (Å²) in [5, 5.41) is 18.4. The SMILES string of the molecule is CCCS(=O)(=O)Nc1ccc(C(=O)NCCSSCCC(=O)O)cc1.O=C(O)C(F)(F)F. The lowest BCUT2D eigenvalue weighted by atomic mass is 10.2. The zero-order chi connectivity index (χ0) is 24.8. The predicted molar refractivity (Wildman–Crippen MR) is 117 cm³/mol. The fourth-order valence-corrected chi connectivity index (χ4v) is 4.76. The van der Waals surface area contributed by atoms with E-state index in [0.29, 0.717) is 35.7 Å². The Morgan fingerprint density at radius 2 is 1.56 bits per heavy atom. The molecule has 0 unspecified atom stereocenters. The molecule has 9 nitrogen and oxygen atoms in total. The number of halogens is 3. The van der Waals surface area contributed by atoms with Crippen LogP contribution in [-0.2, 0) is 19.6 Å². The van der Waals surface area contributed by atoms with Gasteiger partial charge in [0, 0.05) is 29.3 Å². The van der Waals surface area contributed by atoms with Crippen LogP contribution in [0, 0.1) is 0 Å². The van der Waals surface area contributed by atoms with E-state index in [2.05, 4.69) is 10.0 Å². The summed E-state index contributed by atoms with van der Waals surface area (Å²) in [5.74, 6) is -2.56. The molecule has 0 heterocycles. The number of hydrogen-bond donors (Lipinski definition) is 4. The van der Waals surface area contributed by atoms with Crippen molar-refractivity contribution in [3.8, 4) is 0 Å². The van der Waals surface area contributed by atoms with Gasteiger partial charge in [0.25, 0.3) is 5.91 Å². The molecule has 0 aliphatic carbocycles. The fraction of sp³-hybridized carbons (Fsp3) is 0.471. The zero-order valence-corrected chi connectivity index (χ0v) is 19.3. The van der Waals surface area contributed by atoms with Crippen LogP contribution in [0.3, 0.4) is 0 Å². The van der Waals surface area contributed by atoms with E-state index < -0.39 is 28.1 Å². The standard InChI is InChI=1S/C15H22N2O5S3.C2HF3O2/c1-2-11-25(21,22)17-13-5-3-12(4-6-13)15(20)16-8-10-24-23-9-7-14(18)19;3-2(4,5)1(6)7/h3-6,17H,2,7-11H2,1H3,(H,16,20)(H,18,19);(H,6,7). The number of hydrogen-bond acceptors (Lipinski definition) is 7. The van der Waals surface area contributed by atoms with Gasteiger partial charge in [0.15, 0.2) is 0 Å². The lowest BCUT2D eigenvalue weighted by Crippen LogP contribution is -2.25. The molecule has 4 N–H and O–H groups in total. The van der Waals surface area contributed by atoms with E-state index in [1.54, 1.807) is 31.2 Å². The number of rotatable bonds is 12. The van der Waals surface area contributed by atoms with Crippen molar-refractivity contribution in [2.45, 2.75) is 25.9 Å². The van der Waals surface area contributed by atoms with E-state index >= 15 is 0 Å². The van der Waals surface area contributed by atoms with Gasteiger partial charge < -0.3 is 15.5 Å². The van der Waals surface area contributed by atoms with E-state index in [1.807, 2.05) is 0 Å². The highest BCUT2D eigenvalue weighted by molar-refractivity contribution is 8.76. The molecule has 0 atom stereocenters. The lowest BCUT2D eigenvalue weighted by Gasteiger charge is -2.08. The summed E-state index contributed by atoms with van der Waals surface area (Å²) < 4.78 is 57.6. The smallest absolute Gasteiger partial charge is 0.481 e. The number of aliphatic carboxylic acids is 2. The van der Waals surface area contributed by atoms with Crippen molar-refractivity contribution in [1.29, 1.82) is 0 Å². The average Bonchev–Trinajstić information content (AvgIpc) is 2.66. The molecule has 1 rings (SSSR count). The third-order valence-corrected chi connectivity index (χ3v) is 6.99. The van der Waals surface area contributed by atoms with Crippen LogP contribution >= 0.6 is 21.6 Å². The van der Waals surface area contributed by atoms with Crippen molar-refractivity contribution < 1.29 is 46.2 Å². The number of carbonyl (C=O) groups excluding carboxylic acids is 1. The number of amides is 1. The Morgan fingerprint density at radius 3 is 2.03 bits per heavy atom. The van der Waals surface area contributed by atoms with Gasteiger partial charge in [-0.2, -0.15) is 13.2 Å². The van der Waals surface area contributed by atoms with Gasteiger partial charge in [0.2, 0.25) is 10.0 Å². The Labute approximate surface area is 191 Å². The van der Waals surface area contributed by atoms with Gasteiger partial charge in [-0.1, -0.05) is 28.5 Å². The quantitative estimate of drug-likeness (QED) is 0.241. The van der Waals surface area contributed by atoms with E-state index in [9.17, 15) is 31.2 Å². The molecule has 1 aromatic rings. The minimum absolute atomic E-state index is 0.0530. The second-order valence-electron chi connectivity index (χ2n) is 5.84. The van der Waals surface area contributed by atoms with Crippen molar-refractivity contribution in [3.05, 3.63) is 29.8 Å². The van der Waals surface area contributed by atoms with Crippen LogP contribution in [0.4, 0.5) is 18.9 Å². The van der Waals surface area contributed by atoms with Crippen LogP contribution in [0.2, 0.25) is 0 Å². The van der Waals surface area contributed by atoms with Gasteiger partial charge in [-0.25, -0.2) is 13.2 Å². The number of benzene rings is 1. The van der Waals surface area contributed by atoms with Gasteiger partial charge in [0.1, 0.15) is 0 Å². The normalized spacial score (nSPS) is 11.1. The summed E-state index contributed by atoms with van der Waals surface area (Å²) in [5.41, 5.74) is 0.873. The van der Waals surface area contributed by atoms with Crippen molar-refractivity contribution in [1.82, 2.24) is 5.32 Å². The Balaban J connectivity index is 0.00000118. The Kier molecular flexibility index (Phi) is 13.9. The Hall–Kier alpha value is -2.13. The second kappa shape index (κ2) is 14.8. The number of carboxylic acids is 2. The number of sulfonamides is 1. The highest BCUT2D eigenvalue weighted by Crippen LogP contribution is 2.21. The third-order valence-electron chi connectivity index (χ3n) is 3.09.